The third kappa shape index (κ3) is 4.97. The van der Waals surface area contributed by atoms with Crippen LogP contribution in [0.3, 0.4) is 0 Å². The number of rotatable bonds is 5. The monoisotopic (exact) mass is 548 g/mol. The summed E-state index contributed by atoms with van der Waals surface area (Å²) in [6, 6.07) is 13.2. The standard InChI is InChI=1S/C28H28N4O6S/c1-28(2,3)38-27(34)31-21-12-10-18-19(21)11-13-24-20(18)14-25(22-15-30-23(16-29-22)26(33)37-4)32(24)39(35,36)17-8-6-5-7-9-17/h5-9,11,13-16,21H,10,12H2,1-4H3,(H,31,34)/t21-/m1/s1. The second kappa shape index (κ2) is 9.81. The number of nitrogens with zero attached hydrogens (tertiary/aromatic N) is 3. The molecule has 1 aliphatic carbocycles. The lowest BCUT2D eigenvalue weighted by Crippen LogP contribution is -2.34. The summed E-state index contributed by atoms with van der Waals surface area (Å²) in [4.78, 5) is 32.9. The maximum Gasteiger partial charge on any atom is 0.408 e. The molecule has 0 spiro atoms. The highest BCUT2D eigenvalue weighted by atomic mass is 32.2. The molecule has 2 heterocycles. The number of esters is 1. The van der Waals surface area contributed by atoms with Gasteiger partial charge in [-0.1, -0.05) is 24.3 Å². The van der Waals surface area contributed by atoms with Gasteiger partial charge in [0, 0.05) is 5.39 Å². The van der Waals surface area contributed by atoms with Gasteiger partial charge in [-0.2, -0.15) is 0 Å². The van der Waals surface area contributed by atoms with Crippen LogP contribution in [0.15, 0.2) is 65.8 Å². The molecule has 1 amide bonds. The largest absolute Gasteiger partial charge is 0.464 e. The average molecular weight is 549 g/mol. The molecule has 1 atom stereocenters. The van der Waals surface area contributed by atoms with Gasteiger partial charge >= 0.3 is 12.1 Å². The van der Waals surface area contributed by atoms with Gasteiger partial charge < -0.3 is 14.8 Å². The minimum Gasteiger partial charge on any atom is -0.464 e. The molecule has 0 saturated carbocycles. The zero-order valence-corrected chi connectivity index (χ0v) is 22.8. The van der Waals surface area contributed by atoms with Crippen LogP contribution in [0.5, 0.6) is 0 Å². The minimum atomic E-state index is -4.03. The number of methoxy groups -OCH3 is 1. The number of aromatic nitrogens is 3. The molecule has 39 heavy (non-hydrogen) atoms. The number of benzene rings is 2. The average Bonchev–Trinajstić information content (AvgIpc) is 3.49. The van der Waals surface area contributed by atoms with Crippen molar-refractivity contribution in [1.82, 2.24) is 19.3 Å². The Morgan fingerprint density at radius 1 is 1.05 bits per heavy atom. The number of hydrogen-bond donors (Lipinski definition) is 1. The predicted molar refractivity (Wildman–Crippen MR) is 144 cm³/mol. The Morgan fingerprint density at radius 3 is 2.44 bits per heavy atom. The van der Waals surface area contributed by atoms with Crippen molar-refractivity contribution >= 4 is 33.0 Å². The second-order valence-corrected chi connectivity index (χ2v) is 12.0. The van der Waals surface area contributed by atoms with Crippen molar-refractivity contribution in [1.29, 1.82) is 0 Å². The van der Waals surface area contributed by atoms with Crippen LogP contribution < -0.4 is 5.32 Å². The summed E-state index contributed by atoms with van der Waals surface area (Å²) in [5, 5.41) is 3.67. The van der Waals surface area contributed by atoms with Gasteiger partial charge in [-0.05, 0) is 69.0 Å². The van der Waals surface area contributed by atoms with E-state index in [2.05, 4.69) is 15.3 Å². The van der Waals surface area contributed by atoms with Crippen LogP contribution in [-0.4, -0.2) is 47.1 Å². The highest BCUT2D eigenvalue weighted by Crippen LogP contribution is 2.40. The summed E-state index contributed by atoms with van der Waals surface area (Å²) in [5.41, 5.74) is 2.27. The maximum absolute atomic E-state index is 13.9. The van der Waals surface area contributed by atoms with Crippen molar-refractivity contribution in [3.8, 4) is 11.4 Å². The number of nitrogens with one attached hydrogen (secondary N) is 1. The molecule has 0 unspecified atom stereocenters. The van der Waals surface area contributed by atoms with E-state index in [0.717, 1.165) is 16.5 Å². The van der Waals surface area contributed by atoms with E-state index in [4.69, 9.17) is 9.47 Å². The highest BCUT2D eigenvalue weighted by Gasteiger charge is 2.31. The summed E-state index contributed by atoms with van der Waals surface area (Å²) in [6.07, 6.45) is 3.38. The molecule has 0 radical (unpaired) electrons. The molecular weight excluding hydrogens is 520 g/mol. The maximum atomic E-state index is 13.9. The molecule has 2 aromatic carbocycles. The zero-order valence-electron chi connectivity index (χ0n) is 22.0. The Hall–Kier alpha value is -4.25. The molecule has 5 rings (SSSR count). The fourth-order valence-corrected chi connectivity index (χ4v) is 6.32. The number of alkyl carbamates (subject to hydrolysis) is 1. The van der Waals surface area contributed by atoms with E-state index in [0.29, 0.717) is 24.1 Å². The SMILES string of the molecule is COC(=O)c1cnc(-c2cc3c4c(ccc3n2S(=O)(=O)c2ccccc2)[C@H](NC(=O)OC(C)(C)C)CC4)cn1. The van der Waals surface area contributed by atoms with E-state index in [1.807, 2.05) is 6.07 Å². The molecule has 202 valence electrons. The van der Waals surface area contributed by atoms with Gasteiger partial charge in [0.25, 0.3) is 10.0 Å². The molecule has 11 heteroatoms. The second-order valence-electron chi connectivity index (χ2n) is 10.2. The fraction of sp³-hybridized carbons (Fsp3) is 0.286. The predicted octanol–water partition coefficient (Wildman–Crippen LogP) is 4.63. The van der Waals surface area contributed by atoms with Gasteiger partial charge in [-0.15, -0.1) is 0 Å². The summed E-state index contributed by atoms with van der Waals surface area (Å²) in [6.45, 7) is 5.41. The van der Waals surface area contributed by atoms with E-state index in [1.165, 1.54) is 35.6 Å². The van der Waals surface area contributed by atoms with Crippen LogP contribution in [-0.2, 0) is 25.9 Å². The van der Waals surface area contributed by atoms with Gasteiger partial charge in [-0.25, -0.2) is 27.0 Å². The van der Waals surface area contributed by atoms with Crippen molar-refractivity contribution in [2.45, 2.75) is 50.2 Å². The molecule has 0 aliphatic heterocycles. The van der Waals surface area contributed by atoms with Crippen LogP contribution in [0.2, 0.25) is 0 Å². The molecule has 4 aromatic rings. The smallest absolute Gasteiger partial charge is 0.408 e. The van der Waals surface area contributed by atoms with Crippen LogP contribution in [0, 0.1) is 0 Å². The molecule has 0 fully saturated rings. The molecule has 0 bridgehead atoms. The van der Waals surface area contributed by atoms with E-state index in [-0.39, 0.29) is 22.3 Å². The van der Waals surface area contributed by atoms with Gasteiger partial charge in [0.1, 0.15) is 11.3 Å². The number of carbonyl (C=O) groups excluding carboxylic acids is 2. The Balaban J connectivity index is 1.65. The summed E-state index contributed by atoms with van der Waals surface area (Å²) in [5.74, 6) is -0.646. The molecule has 10 nitrogen and oxygen atoms in total. The first-order valence-corrected chi connectivity index (χ1v) is 13.8. The molecule has 1 aliphatic rings. The number of hydrogen-bond acceptors (Lipinski definition) is 8. The first-order valence-electron chi connectivity index (χ1n) is 12.4. The van der Waals surface area contributed by atoms with Crippen LogP contribution in [0.1, 0.15) is 54.8 Å². The van der Waals surface area contributed by atoms with E-state index >= 15 is 0 Å². The molecular formula is C28H28N4O6S. The van der Waals surface area contributed by atoms with E-state index in [1.54, 1.807) is 51.1 Å². The Bertz CT molecular complexity index is 1670. The highest BCUT2D eigenvalue weighted by molar-refractivity contribution is 7.90. The minimum absolute atomic E-state index is 0.00628. The summed E-state index contributed by atoms with van der Waals surface area (Å²) >= 11 is 0. The van der Waals surface area contributed by atoms with Crippen LogP contribution >= 0.6 is 0 Å². The molecule has 1 N–H and O–H groups in total. The fourth-order valence-electron chi connectivity index (χ4n) is 4.79. The van der Waals surface area contributed by atoms with Crippen molar-refractivity contribution in [3.63, 3.8) is 0 Å². The number of amides is 1. The van der Waals surface area contributed by atoms with Gasteiger partial charge in [0.05, 0.1) is 41.7 Å². The number of aryl methyl sites for hydroxylation is 1. The van der Waals surface area contributed by atoms with E-state index in [9.17, 15) is 18.0 Å². The zero-order chi connectivity index (χ0) is 27.9. The summed E-state index contributed by atoms with van der Waals surface area (Å²) in [7, 11) is -2.79. The van der Waals surface area contributed by atoms with Crippen molar-refractivity contribution in [3.05, 3.63) is 77.7 Å². The van der Waals surface area contributed by atoms with Crippen LogP contribution in [0.25, 0.3) is 22.3 Å². The summed E-state index contributed by atoms with van der Waals surface area (Å²) < 4.78 is 39.3. The van der Waals surface area contributed by atoms with Gasteiger partial charge in [-0.3, -0.25) is 4.98 Å². The van der Waals surface area contributed by atoms with Crippen molar-refractivity contribution in [2.24, 2.45) is 0 Å². The molecule has 2 aromatic heterocycles. The van der Waals surface area contributed by atoms with Crippen molar-refractivity contribution in [2.75, 3.05) is 7.11 Å². The van der Waals surface area contributed by atoms with Gasteiger partial charge in [0.15, 0.2) is 5.69 Å². The van der Waals surface area contributed by atoms with Gasteiger partial charge in [0.2, 0.25) is 0 Å². The van der Waals surface area contributed by atoms with Crippen molar-refractivity contribution < 1.29 is 27.5 Å². The Kier molecular flexibility index (Phi) is 6.63. The topological polar surface area (TPSA) is 129 Å². The first-order chi connectivity index (χ1) is 18.5. The van der Waals surface area contributed by atoms with E-state index < -0.39 is 27.7 Å². The molecule has 0 saturated heterocycles. The Morgan fingerprint density at radius 2 is 1.79 bits per heavy atom. The first kappa shape index (κ1) is 26.4. The third-order valence-corrected chi connectivity index (χ3v) is 8.17. The lowest BCUT2D eigenvalue weighted by molar-refractivity contribution is 0.0502. The Labute approximate surface area is 226 Å². The van der Waals surface area contributed by atoms with Crippen LogP contribution in [0.4, 0.5) is 4.79 Å². The number of carbonyl (C=O) groups is 2. The number of ether oxygens (including phenoxy) is 2. The number of fused-ring (bicyclic) bond motifs is 3. The third-order valence-electron chi connectivity index (χ3n) is 6.43. The lowest BCUT2D eigenvalue weighted by Gasteiger charge is -2.22. The normalized spacial score (nSPS) is 15.1. The quantitative estimate of drug-likeness (QED) is 0.357. The lowest BCUT2D eigenvalue weighted by atomic mass is 10.0.